The lowest BCUT2D eigenvalue weighted by Gasteiger charge is -2.28. The molecule has 0 spiro atoms. The number of Topliss-reactive ketones (excluding diaryl/α,β-unsaturated/α-hetero) is 2. The molecular formula is C10H7IO4. The van der Waals surface area contributed by atoms with E-state index in [2.05, 4.69) is 0 Å². The van der Waals surface area contributed by atoms with E-state index in [1.54, 1.807) is 6.08 Å². The van der Waals surface area contributed by atoms with Gasteiger partial charge in [0.05, 0.1) is 15.4 Å². The monoisotopic (exact) mass is 318 g/mol. The Balaban J connectivity index is 2.68. The zero-order valence-electron chi connectivity index (χ0n) is 7.78. The topological polar surface area (TPSA) is 63.6 Å². The molecule has 0 radical (unpaired) electrons. The fourth-order valence-electron chi connectivity index (χ4n) is 1.44. The maximum atomic E-state index is 11.7. The number of carbonyl (C=O) groups excluding carboxylic acids is 2. The molecule has 1 atom stereocenters. The van der Waals surface area contributed by atoms with Gasteiger partial charge in [0.25, 0.3) is 0 Å². The van der Waals surface area contributed by atoms with E-state index in [0.29, 0.717) is 9.15 Å². The molecule has 2 rings (SSSR count). The Morgan fingerprint density at radius 2 is 2.07 bits per heavy atom. The second kappa shape index (κ2) is 3.28. The van der Waals surface area contributed by atoms with Gasteiger partial charge in [-0.3, -0.25) is 9.59 Å². The van der Waals surface area contributed by atoms with Crippen molar-refractivity contribution in [2.24, 2.45) is 0 Å². The van der Waals surface area contributed by atoms with Crippen molar-refractivity contribution in [1.82, 2.24) is 0 Å². The SMILES string of the molecule is CC1(O)C(=O)C2=COC=CC2=C(I)C1=O. The normalized spacial score (nSPS) is 29.9. The zero-order valence-corrected chi connectivity index (χ0v) is 9.94. The highest BCUT2D eigenvalue weighted by Crippen LogP contribution is 2.36. The van der Waals surface area contributed by atoms with Crippen molar-refractivity contribution >= 4 is 34.2 Å². The van der Waals surface area contributed by atoms with Crippen molar-refractivity contribution in [3.05, 3.63) is 33.3 Å². The third-order valence-electron chi connectivity index (χ3n) is 2.35. The first kappa shape index (κ1) is 10.6. The Labute approximate surface area is 99.4 Å². The lowest BCUT2D eigenvalue weighted by Crippen LogP contribution is -2.48. The lowest BCUT2D eigenvalue weighted by atomic mass is 9.81. The van der Waals surface area contributed by atoms with Crippen molar-refractivity contribution in [1.29, 1.82) is 0 Å². The van der Waals surface area contributed by atoms with Gasteiger partial charge in [-0.2, -0.15) is 0 Å². The summed E-state index contributed by atoms with van der Waals surface area (Å²) in [4.78, 5) is 23.4. The highest BCUT2D eigenvalue weighted by atomic mass is 127. The maximum Gasteiger partial charge on any atom is 0.208 e. The minimum absolute atomic E-state index is 0.242. The van der Waals surface area contributed by atoms with Crippen LogP contribution in [0.2, 0.25) is 0 Å². The molecule has 0 aromatic carbocycles. The van der Waals surface area contributed by atoms with Crippen LogP contribution >= 0.6 is 22.6 Å². The van der Waals surface area contributed by atoms with Gasteiger partial charge in [-0.1, -0.05) is 0 Å². The summed E-state index contributed by atoms with van der Waals surface area (Å²) in [5.74, 6) is -1.18. The Hall–Kier alpha value is -0.950. The second-order valence-corrected chi connectivity index (χ2v) is 4.51. The van der Waals surface area contributed by atoms with Crippen LogP contribution in [0.25, 0.3) is 0 Å². The van der Waals surface area contributed by atoms with Gasteiger partial charge in [0.2, 0.25) is 11.6 Å². The number of carbonyl (C=O) groups is 2. The van der Waals surface area contributed by atoms with Gasteiger partial charge in [0, 0.05) is 5.57 Å². The molecule has 0 saturated heterocycles. The van der Waals surface area contributed by atoms with Gasteiger partial charge in [0.1, 0.15) is 6.26 Å². The van der Waals surface area contributed by atoms with Crippen molar-refractivity contribution in [2.45, 2.75) is 12.5 Å². The highest BCUT2D eigenvalue weighted by Gasteiger charge is 2.47. The number of ether oxygens (including phenoxy) is 1. The summed E-state index contributed by atoms with van der Waals surface area (Å²) in [6.45, 7) is 1.20. The molecule has 1 unspecified atom stereocenters. The van der Waals surface area contributed by atoms with E-state index in [4.69, 9.17) is 4.74 Å². The molecule has 1 aliphatic carbocycles. The number of rotatable bonds is 0. The van der Waals surface area contributed by atoms with Gasteiger partial charge in [0.15, 0.2) is 5.60 Å². The van der Waals surface area contributed by atoms with Crippen LogP contribution in [0.4, 0.5) is 0 Å². The smallest absolute Gasteiger partial charge is 0.208 e. The standard InChI is InChI=1S/C10H7IO4/c1-10(14)8(12)6-4-15-3-2-5(6)7(11)9(10)13/h2-4,14H,1H3. The van der Waals surface area contributed by atoms with E-state index >= 15 is 0 Å². The summed E-state index contributed by atoms with van der Waals surface area (Å²) in [5, 5.41) is 9.76. The number of ketones is 2. The highest BCUT2D eigenvalue weighted by molar-refractivity contribution is 14.1. The van der Waals surface area contributed by atoms with E-state index in [1.165, 1.54) is 19.4 Å². The fraction of sp³-hybridized carbons (Fsp3) is 0.200. The molecule has 5 heteroatoms. The summed E-state index contributed by atoms with van der Waals surface area (Å²) in [7, 11) is 0. The Kier molecular flexibility index (Phi) is 2.31. The molecule has 4 nitrogen and oxygen atoms in total. The minimum Gasteiger partial charge on any atom is -0.472 e. The van der Waals surface area contributed by atoms with E-state index in [1.807, 2.05) is 22.6 Å². The van der Waals surface area contributed by atoms with Gasteiger partial charge in [-0.25, -0.2) is 0 Å². The lowest BCUT2D eigenvalue weighted by molar-refractivity contribution is -0.144. The minimum atomic E-state index is -1.97. The molecule has 1 N–H and O–H groups in total. The first-order chi connectivity index (χ1) is 6.96. The average molecular weight is 318 g/mol. The Morgan fingerprint density at radius 1 is 1.40 bits per heavy atom. The average Bonchev–Trinajstić information content (AvgIpc) is 2.24. The maximum absolute atomic E-state index is 11.7. The van der Waals surface area contributed by atoms with E-state index in [0.717, 1.165) is 0 Å². The predicted octanol–water partition coefficient (Wildman–Crippen LogP) is 1.01. The summed E-state index contributed by atoms with van der Waals surface area (Å²) in [6, 6.07) is 0. The van der Waals surface area contributed by atoms with E-state index < -0.39 is 17.2 Å². The summed E-state index contributed by atoms with van der Waals surface area (Å²) in [6.07, 6.45) is 4.18. The molecule has 0 fully saturated rings. The van der Waals surface area contributed by atoms with Crippen LogP contribution in [-0.2, 0) is 14.3 Å². The van der Waals surface area contributed by atoms with E-state index in [-0.39, 0.29) is 5.57 Å². The van der Waals surface area contributed by atoms with Crippen molar-refractivity contribution in [3.8, 4) is 0 Å². The van der Waals surface area contributed by atoms with Crippen LogP contribution in [0.15, 0.2) is 33.3 Å². The number of allylic oxidation sites excluding steroid dienone is 2. The predicted molar refractivity (Wildman–Crippen MR) is 60.0 cm³/mol. The van der Waals surface area contributed by atoms with Gasteiger partial charge < -0.3 is 9.84 Å². The fourth-order valence-corrected chi connectivity index (χ4v) is 2.43. The van der Waals surface area contributed by atoms with Crippen molar-refractivity contribution in [3.63, 3.8) is 0 Å². The summed E-state index contributed by atoms with van der Waals surface area (Å²) >= 11 is 1.82. The molecule has 1 aliphatic heterocycles. The van der Waals surface area contributed by atoms with Crippen LogP contribution in [-0.4, -0.2) is 22.3 Å². The number of halogens is 1. The van der Waals surface area contributed by atoms with Gasteiger partial charge >= 0.3 is 0 Å². The third-order valence-corrected chi connectivity index (χ3v) is 3.43. The molecule has 0 amide bonds. The van der Waals surface area contributed by atoms with Gasteiger partial charge in [-0.05, 0) is 35.6 Å². The number of aliphatic hydroxyl groups is 1. The quantitative estimate of drug-likeness (QED) is 0.535. The van der Waals surface area contributed by atoms with E-state index in [9.17, 15) is 14.7 Å². The van der Waals surface area contributed by atoms with Crippen LogP contribution in [0, 0.1) is 0 Å². The Morgan fingerprint density at radius 3 is 2.73 bits per heavy atom. The molecule has 0 saturated carbocycles. The number of hydrogen-bond acceptors (Lipinski definition) is 4. The molecule has 2 aliphatic rings. The van der Waals surface area contributed by atoms with Crippen LogP contribution in [0.1, 0.15) is 6.92 Å². The van der Waals surface area contributed by atoms with Crippen molar-refractivity contribution in [2.75, 3.05) is 0 Å². The Bertz CT molecular complexity index is 454. The first-order valence-corrected chi connectivity index (χ1v) is 5.28. The molecule has 15 heavy (non-hydrogen) atoms. The largest absolute Gasteiger partial charge is 0.472 e. The van der Waals surface area contributed by atoms with Gasteiger partial charge in [-0.15, -0.1) is 0 Å². The summed E-state index contributed by atoms with van der Waals surface area (Å²) in [5.41, 5.74) is -1.21. The molecule has 0 bridgehead atoms. The molecule has 0 aromatic rings. The van der Waals surface area contributed by atoms with Crippen LogP contribution in [0.3, 0.4) is 0 Å². The number of hydrogen-bond donors (Lipinski definition) is 1. The third kappa shape index (κ3) is 1.37. The molecule has 0 aromatic heterocycles. The summed E-state index contributed by atoms with van der Waals surface area (Å²) < 4.78 is 5.21. The number of fused-ring (bicyclic) bond motifs is 1. The van der Waals surface area contributed by atoms with Crippen LogP contribution in [0.5, 0.6) is 0 Å². The van der Waals surface area contributed by atoms with Crippen LogP contribution < -0.4 is 0 Å². The molecule has 1 heterocycles. The molecule has 78 valence electrons. The van der Waals surface area contributed by atoms with Crippen molar-refractivity contribution < 1.29 is 19.4 Å². The zero-order chi connectivity index (χ0) is 11.2. The second-order valence-electron chi connectivity index (χ2n) is 3.43. The molecular weight excluding hydrogens is 311 g/mol. The first-order valence-electron chi connectivity index (χ1n) is 4.20.